The Kier molecular flexibility index (Phi) is 7.82. The Morgan fingerprint density at radius 3 is 2.58 bits per heavy atom. The Hall–Kier alpha value is -3.33. The van der Waals surface area contributed by atoms with E-state index in [2.05, 4.69) is 20.2 Å². The third-order valence-electron chi connectivity index (χ3n) is 8.25. The molecule has 2 aromatic carbocycles. The molecule has 0 radical (unpaired) electrons. The minimum absolute atomic E-state index is 0.0163. The monoisotopic (exact) mass is 560 g/mol. The quantitative estimate of drug-likeness (QED) is 0.454. The molecule has 9 heteroatoms. The summed E-state index contributed by atoms with van der Waals surface area (Å²) in [5.74, 6) is 0.833. The van der Waals surface area contributed by atoms with Gasteiger partial charge < -0.3 is 14.8 Å². The number of fused-ring (bicyclic) bond motifs is 1. The fourth-order valence-corrected chi connectivity index (χ4v) is 6.22. The van der Waals surface area contributed by atoms with Crippen LogP contribution in [0, 0.1) is 5.92 Å². The van der Waals surface area contributed by atoms with Crippen molar-refractivity contribution in [1.29, 1.82) is 0 Å². The summed E-state index contributed by atoms with van der Waals surface area (Å²) in [6.07, 6.45) is 6.42. The second kappa shape index (κ2) is 11.6. The van der Waals surface area contributed by atoms with Gasteiger partial charge in [0.2, 0.25) is 11.7 Å². The number of amides is 1. The zero-order chi connectivity index (χ0) is 27.5. The van der Waals surface area contributed by atoms with Crippen molar-refractivity contribution in [1.82, 2.24) is 20.2 Å². The molecule has 1 amide bonds. The third-order valence-corrected chi connectivity index (χ3v) is 8.49. The molecule has 0 atom stereocenters. The molecule has 1 aromatic heterocycles. The minimum Gasteiger partial charge on any atom is -0.478 e. The number of hydrogen-bond acceptors (Lipinski definition) is 7. The van der Waals surface area contributed by atoms with Crippen LogP contribution >= 0.6 is 11.6 Å². The number of benzene rings is 2. The highest BCUT2D eigenvalue weighted by molar-refractivity contribution is 6.34. The van der Waals surface area contributed by atoms with E-state index in [-0.39, 0.29) is 17.6 Å². The smallest absolute Gasteiger partial charge is 0.220 e. The predicted octanol–water partition coefficient (Wildman–Crippen LogP) is 4.52. The summed E-state index contributed by atoms with van der Waals surface area (Å²) in [6, 6.07) is 13.1. The molecule has 6 rings (SSSR count). The number of hydrogen-bond donors (Lipinski definition) is 1. The normalized spacial score (nSPS) is 23.5. The summed E-state index contributed by atoms with van der Waals surface area (Å²) in [6.45, 7) is 4.81. The van der Waals surface area contributed by atoms with Gasteiger partial charge in [-0.1, -0.05) is 23.7 Å². The average molecular weight is 561 g/mol. The highest BCUT2D eigenvalue weighted by Gasteiger charge is 2.51. The lowest BCUT2D eigenvalue weighted by atomic mass is 9.74. The van der Waals surface area contributed by atoms with Crippen molar-refractivity contribution in [2.24, 2.45) is 5.92 Å². The van der Waals surface area contributed by atoms with Crippen molar-refractivity contribution < 1.29 is 19.1 Å². The molecule has 1 N–H and O–H groups in total. The third kappa shape index (κ3) is 5.61. The second-order valence-electron chi connectivity index (χ2n) is 10.9. The number of rotatable bonds is 7. The first-order valence-corrected chi connectivity index (χ1v) is 14.4. The fraction of sp³-hybridized carbons (Fsp3) is 0.419. The van der Waals surface area contributed by atoms with E-state index >= 15 is 0 Å². The van der Waals surface area contributed by atoms with Gasteiger partial charge in [-0.3, -0.25) is 24.5 Å². The molecule has 1 spiro atoms. The molecule has 3 heterocycles. The van der Waals surface area contributed by atoms with Gasteiger partial charge in [0.1, 0.15) is 5.76 Å². The van der Waals surface area contributed by atoms with Crippen LogP contribution in [0.2, 0.25) is 5.02 Å². The maximum absolute atomic E-state index is 14.1. The Morgan fingerprint density at radius 2 is 1.80 bits per heavy atom. The molecule has 208 valence electrons. The number of halogens is 1. The first-order chi connectivity index (χ1) is 19.5. The Labute approximate surface area is 238 Å². The van der Waals surface area contributed by atoms with Crippen LogP contribution in [0.25, 0.3) is 22.4 Å². The fourth-order valence-electron chi connectivity index (χ4n) is 6.03. The first kappa shape index (κ1) is 26.9. The van der Waals surface area contributed by atoms with Crippen LogP contribution in [0.15, 0.2) is 54.9 Å². The summed E-state index contributed by atoms with van der Waals surface area (Å²) >= 11 is 6.33. The lowest BCUT2D eigenvalue weighted by Gasteiger charge is -2.36. The number of ketones is 1. The molecule has 1 saturated carbocycles. The van der Waals surface area contributed by atoms with Crippen LogP contribution < -0.4 is 5.32 Å². The highest BCUT2D eigenvalue weighted by Crippen LogP contribution is 2.49. The summed E-state index contributed by atoms with van der Waals surface area (Å²) in [5, 5.41) is 3.63. The Balaban J connectivity index is 1.16. The van der Waals surface area contributed by atoms with Crippen LogP contribution in [0.3, 0.4) is 0 Å². The molecule has 8 nitrogen and oxygen atoms in total. The van der Waals surface area contributed by atoms with Crippen LogP contribution in [0.4, 0.5) is 0 Å². The van der Waals surface area contributed by atoms with Crippen molar-refractivity contribution >= 4 is 45.7 Å². The van der Waals surface area contributed by atoms with E-state index in [1.807, 2.05) is 36.4 Å². The van der Waals surface area contributed by atoms with Crippen molar-refractivity contribution in [3.63, 3.8) is 0 Å². The van der Waals surface area contributed by atoms with Gasteiger partial charge in [-0.2, -0.15) is 0 Å². The number of morpholine rings is 1. The maximum Gasteiger partial charge on any atom is 0.220 e. The average Bonchev–Trinajstić information content (AvgIpc) is 3.26. The summed E-state index contributed by atoms with van der Waals surface area (Å²) in [7, 11) is 0. The first-order valence-electron chi connectivity index (χ1n) is 14.0. The molecule has 1 aliphatic carbocycles. The number of ether oxygens (including phenoxy) is 2. The van der Waals surface area contributed by atoms with Gasteiger partial charge in [0.05, 0.1) is 29.8 Å². The topological polar surface area (TPSA) is 93.7 Å². The van der Waals surface area contributed by atoms with Gasteiger partial charge in [-0.05, 0) is 67.5 Å². The second-order valence-corrected chi connectivity index (χ2v) is 11.3. The molecule has 3 aliphatic rings. The number of aromatic nitrogens is 2. The standard InChI is InChI=1S/C31H33ClN4O4/c32-24-3-1-2-22(19-24)28-29(23-4-5-25-26(20-23)34-11-10-33-25)40-31(30(28)38)8-6-21(7-9-31)18-27(37)35-12-13-36-14-16-39-17-15-36/h1-5,10-11,19-21H,6-9,12-18H2,(H,35,37). The van der Waals surface area contributed by atoms with Gasteiger partial charge in [0.15, 0.2) is 5.60 Å². The van der Waals surface area contributed by atoms with Gasteiger partial charge >= 0.3 is 0 Å². The summed E-state index contributed by atoms with van der Waals surface area (Å²) in [5.41, 5.74) is 2.65. The largest absolute Gasteiger partial charge is 0.478 e. The molecule has 2 fully saturated rings. The minimum atomic E-state index is -0.937. The van der Waals surface area contributed by atoms with E-state index in [1.165, 1.54) is 0 Å². The number of carbonyl (C=O) groups excluding carboxylic acids is 2. The van der Waals surface area contributed by atoms with Gasteiger partial charge in [-0.25, -0.2) is 0 Å². The van der Waals surface area contributed by atoms with E-state index in [0.29, 0.717) is 42.2 Å². The summed E-state index contributed by atoms with van der Waals surface area (Å²) < 4.78 is 12.0. The maximum atomic E-state index is 14.1. The Morgan fingerprint density at radius 1 is 1.02 bits per heavy atom. The Bertz CT molecular complexity index is 1440. The zero-order valence-corrected chi connectivity index (χ0v) is 23.2. The van der Waals surface area contributed by atoms with Gasteiger partial charge in [0.25, 0.3) is 0 Å². The molecular weight excluding hydrogens is 528 g/mol. The van der Waals surface area contributed by atoms with E-state index in [9.17, 15) is 9.59 Å². The van der Waals surface area contributed by atoms with Crippen LogP contribution in [0.1, 0.15) is 43.2 Å². The molecule has 0 bridgehead atoms. The van der Waals surface area contributed by atoms with Crippen LogP contribution in [-0.2, 0) is 19.1 Å². The van der Waals surface area contributed by atoms with Crippen molar-refractivity contribution in [2.75, 3.05) is 39.4 Å². The predicted molar refractivity (Wildman–Crippen MR) is 153 cm³/mol. The SMILES string of the molecule is O=C(CC1CCC2(CC1)OC(c1ccc3nccnc3c1)=C(c1cccc(Cl)c1)C2=O)NCCN1CCOCC1. The van der Waals surface area contributed by atoms with Crippen molar-refractivity contribution in [3.8, 4) is 0 Å². The zero-order valence-electron chi connectivity index (χ0n) is 22.4. The van der Waals surface area contributed by atoms with Crippen molar-refractivity contribution in [2.45, 2.75) is 37.7 Å². The molecule has 40 heavy (non-hydrogen) atoms. The van der Waals surface area contributed by atoms with E-state index in [4.69, 9.17) is 21.1 Å². The van der Waals surface area contributed by atoms with E-state index < -0.39 is 5.60 Å². The number of nitrogens with one attached hydrogen (secondary N) is 1. The molecular formula is C31H33ClN4O4. The van der Waals surface area contributed by atoms with Crippen LogP contribution in [0.5, 0.6) is 0 Å². The van der Waals surface area contributed by atoms with Crippen molar-refractivity contribution in [3.05, 3.63) is 71.0 Å². The van der Waals surface area contributed by atoms with E-state index in [0.717, 1.165) is 67.8 Å². The molecule has 2 aliphatic heterocycles. The highest BCUT2D eigenvalue weighted by atomic mass is 35.5. The van der Waals surface area contributed by atoms with Crippen LogP contribution in [-0.4, -0.2) is 71.6 Å². The molecule has 0 unspecified atom stereocenters. The van der Waals surface area contributed by atoms with E-state index in [1.54, 1.807) is 18.5 Å². The lowest BCUT2D eigenvalue weighted by molar-refractivity contribution is -0.132. The molecule has 1 saturated heterocycles. The van der Waals surface area contributed by atoms with Gasteiger partial charge in [0, 0.05) is 55.6 Å². The number of nitrogens with zero attached hydrogens (tertiary/aromatic N) is 3. The lowest BCUT2D eigenvalue weighted by Crippen LogP contribution is -2.43. The van der Waals surface area contributed by atoms with Gasteiger partial charge in [-0.15, -0.1) is 0 Å². The number of Topliss-reactive ketones (excluding diaryl/α,β-unsaturated/α-hetero) is 1. The molecule has 3 aromatic rings. The summed E-state index contributed by atoms with van der Waals surface area (Å²) in [4.78, 5) is 37.9. The number of carbonyl (C=O) groups is 2.